The Bertz CT molecular complexity index is 1260. The summed E-state index contributed by atoms with van der Waals surface area (Å²) in [4.78, 5) is 43.4. The fourth-order valence-electron chi connectivity index (χ4n) is 3.83. The number of aryl methyl sites for hydroxylation is 2. The van der Waals surface area contributed by atoms with Gasteiger partial charge in [-0.15, -0.1) is 0 Å². The summed E-state index contributed by atoms with van der Waals surface area (Å²) in [5.41, 5.74) is 5.59. The minimum atomic E-state index is -0.747. The molecule has 1 aliphatic rings. The lowest BCUT2D eigenvalue weighted by molar-refractivity contribution is -0.122. The van der Waals surface area contributed by atoms with E-state index in [1.165, 1.54) is 0 Å². The number of anilines is 1. The summed E-state index contributed by atoms with van der Waals surface area (Å²) in [7, 11) is 0. The largest absolute Gasteiger partial charge is 0.335 e. The van der Waals surface area contributed by atoms with Gasteiger partial charge in [0, 0.05) is 29.5 Å². The SMILES string of the molecule is Cc1cccc(N2C(=O)NC(=O)/C(=C\c3cc(C)n(-c4ccncc4)c3C)C2=O)c1C. The first kappa shape index (κ1) is 20.3. The normalized spacial score (nSPS) is 15.5. The van der Waals surface area contributed by atoms with Crippen molar-refractivity contribution >= 4 is 29.6 Å². The number of carbonyl (C=O) groups is 3. The molecule has 31 heavy (non-hydrogen) atoms. The number of barbiturate groups is 1. The highest BCUT2D eigenvalue weighted by Gasteiger charge is 2.37. The molecular formula is C24H22N4O3. The number of nitrogens with zero attached hydrogens (tertiary/aromatic N) is 3. The molecule has 0 spiro atoms. The zero-order valence-electron chi connectivity index (χ0n) is 17.8. The van der Waals surface area contributed by atoms with Gasteiger partial charge in [0.25, 0.3) is 11.8 Å². The molecular weight excluding hydrogens is 392 g/mol. The van der Waals surface area contributed by atoms with Gasteiger partial charge in [0.1, 0.15) is 5.57 Å². The van der Waals surface area contributed by atoms with Gasteiger partial charge >= 0.3 is 6.03 Å². The molecule has 0 aliphatic carbocycles. The second-order valence-electron chi connectivity index (χ2n) is 7.54. The molecule has 3 aromatic rings. The van der Waals surface area contributed by atoms with E-state index in [4.69, 9.17) is 0 Å². The van der Waals surface area contributed by atoms with Crippen LogP contribution in [0.15, 0.2) is 54.4 Å². The monoisotopic (exact) mass is 414 g/mol. The van der Waals surface area contributed by atoms with Crippen molar-refractivity contribution in [3.05, 3.63) is 82.4 Å². The van der Waals surface area contributed by atoms with E-state index >= 15 is 0 Å². The molecule has 156 valence electrons. The van der Waals surface area contributed by atoms with Crippen LogP contribution in [0.1, 0.15) is 28.1 Å². The maximum atomic E-state index is 13.2. The van der Waals surface area contributed by atoms with Crippen LogP contribution in [0.3, 0.4) is 0 Å². The Morgan fingerprint density at radius 1 is 0.968 bits per heavy atom. The third-order valence-corrected chi connectivity index (χ3v) is 5.61. The minimum absolute atomic E-state index is 0.0875. The van der Waals surface area contributed by atoms with Crippen molar-refractivity contribution in [2.24, 2.45) is 0 Å². The molecule has 0 unspecified atom stereocenters. The molecule has 3 heterocycles. The van der Waals surface area contributed by atoms with Crippen LogP contribution >= 0.6 is 0 Å². The van der Waals surface area contributed by atoms with Crippen LogP contribution in [0.4, 0.5) is 10.5 Å². The van der Waals surface area contributed by atoms with Gasteiger partial charge < -0.3 is 4.57 Å². The summed E-state index contributed by atoms with van der Waals surface area (Å²) in [6, 6.07) is 10.3. The second-order valence-corrected chi connectivity index (χ2v) is 7.54. The van der Waals surface area contributed by atoms with E-state index in [-0.39, 0.29) is 5.57 Å². The number of pyridine rings is 1. The quantitative estimate of drug-likeness (QED) is 0.522. The zero-order valence-corrected chi connectivity index (χ0v) is 17.8. The first-order valence-electron chi connectivity index (χ1n) is 9.86. The van der Waals surface area contributed by atoms with E-state index in [1.807, 2.05) is 56.5 Å². The van der Waals surface area contributed by atoms with Gasteiger partial charge in [-0.05, 0) is 74.7 Å². The highest BCUT2D eigenvalue weighted by molar-refractivity contribution is 6.39. The molecule has 7 heteroatoms. The fourth-order valence-corrected chi connectivity index (χ4v) is 3.83. The van der Waals surface area contributed by atoms with Crippen LogP contribution in [0.2, 0.25) is 0 Å². The number of hydrogen-bond donors (Lipinski definition) is 1. The molecule has 1 aromatic carbocycles. The maximum absolute atomic E-state index is 13.2. The smallest absolute Gasteiger partial charge is 0.318 e. The molecule has 0 saturated carbocycles. The van der Waals surface area contributed by atoms with Crippen molar-refractivity contribution in [3.63, 3.8) is 0 Å². The van der Waals surface area contributed by atoms with Gasteiger partial charge in [0.2, 0.25) is 0 Å². The summed E-state index contributed by atoms with van der Waals surface area (Å²) in [5, 5.41) is 2.29. The second kappa shape index (κ2) is 7.68. The predicted molar refractivity (Wildman–Crippen MR) is 118 cm³/mol. The summed E-state index contributed by atoms with van der Waals surface area (Å²) in [5.74, 6) is -1.35. The number of amides is 4. The summed E-state index contributed by atoms with van der Waals surface area (Å²) < 4.78 is 2.02. The fraction of sp³-hybridized carbons (Fsp3) is 0.167. The molecule has 4 rings (SSSR count). The zero-order chi connectivity index (χ0) is 22.3. The molecule has 1 saturated heterocycles. The lowest BCUT2D eigenvalue weighted by Gasteiger charge is -2.28. The van der Waals surface area contributed by atoms with Crippen LogP contribution in [0.5, 0.6) is 0 Å². The number of benzene rings is 1. The topological polar surface area (TPSA) is 84.3 Å². The maximum Gasteiger partial charge on any atom is 0.335 e. The average Bonchev–Trinajstić information content (AvgIpc) is 3.02. The third-order valence-electron chi connectivity index (χ3n) is 5.61. The molecule has 1 fully saturated rings. The van der Waals surface area contributed by atoms with Crippen LogP contribution in [-0.2, 0) is 9.59 Å². The van der Waals surface area contributed by atoms with Crippen LogP contribution in [0.25, 0.3) is 11.8 Å². The Hall–Kier alpha value is -4.00. The summed E-state index contributed by atoms with van der Waals surface area (Å²) >= 11 is 0. The predicted octanol–water partition coefficient (Wildman–Crippen LogP) is 3.77. The average molecular weight is 414 g/mol. The van der Waals surface area contributed by atoms with Crippen LogP contribution in [-0.4, -0.2) is 27.4 Å². The highest BCUT2D eigenvalue weighted by Crippen LogP contribution is 2.28. The van der Waals surface area contributed by atoms with Gasteiger partial charge in [0.15, 0.2) is 0 Å². The van der Waals surface area contributed by atoms with Crippen molar-refractivity contribution in [2.75, 3.05) is 4.90 Å². The van der Waals surface area contributed by atoms with Gasteiger partial charge in [-0.2, -0.15) is 0 Å². The Kier molecular flexibility index (Phi) is 5.02. The first-order valence-corrected chi connectivity index (χ1v) is 9.86. The Morgan fingerprint density at radius 3 is 2.39 bits per heavy atom. The van der Waals surface area contributed by atoms with E-state index < -0.39 is 17.8 Å². The van der Waals surface area contributed by atoms with Crippen molar-refractivity contribution in [1.29, 1.82) is 0 Å². The van der Waals surface area contributed by atoms with Gasteiger partial charge in [0.05, 0.1) is 5.69 Å². The highest BCUT2D eigenvalue weighted by atomic mass is 16.2. The van der Waals surface area contributed by atoms with Crippen molar-refractivity contribution < 1.29 is 14.4 Å². The van der Waals surface area contributed by atoms with Gasteiger partial charge in [-0.25, -0.2) is 9.69 Å². The Labute approximate surface area is 180 Å². The van der Waals surface area contributed by atoms with Gasteiger partial charge in [-0.1, -0.05) is 12.1 Å². The summed E-state index contributed by atoms with van der Waals surface area (Å²) in [6.45, 7) is 7.61. The number of carbonyl (C=O) groups excluding carboxylic acids is 3. The van der Waals surface area contributed by atoms with Crippen LogP contribution in [0, 0.1) is 27.7 Å². The lowest BCUT2D eigenvalue weighted by Crippen LogP contribution is -2.54. The number of imide groups is 2. The van der Waals surface area contributed by atoms with E-state index in [0.717, 1.165) is 38.7 Å². The van der Waals surface area contributed by atoms with Crippen molar-refractivity contribution in [2.45, 2.75) is 27.7 Å². The van der Waals surface area contributed by atoms with Crippen LogP contribution < -0.4 is 10.2 Å². The van der Waals surface area contributed by atoms with Gasteiger partial charge in [-0.3, -0.25) is 19.9 Å². The van der Waals surface area contributed by atoms with E-state index in [1.54, 1.807) is 30.6 Å². The molecule has 1 aliphatic heterocycles. The number of rotatable bonds is 3. The number of nitrogens with one attached hydrogen (secondary N) is 1. The lowest BCUT2D eigenvalue weighted by atomic mass is 10.0. The molecule has 0 atom stereocenters. The number of hydrogen-bond acceptors (Lipinski definition) is 4. The van der Waals surface area contributed by atoms with Crippen molar-refractivity contribution in [3.8, 4) is 5.69 Å². The first-order chi connectivity index (χ1) is 14.8. The van der Waals surface area contributed by atoms with E-state index in [2.05, 4.69) is 10.3 Å². The molecule has 1 N–H and O–H groups in total. The molecule has 7 nitrogen and oxygen atoms in total. The summed E-state index contributed by atoms with van der Waals surface area (Å²) in [6.07, 6.45) is 4.96. The third kappa shape index (κ3) is 3.44. The molecule has 0 bridgehead atoms. The standard InChI is InChI=1S/C24H22N4O3/c1-14-6-5-7-21(16(14)3)28-23(30)20(22(29)26-24(28)31)13-18-12-15(2)27(17(18)4)19-8-10-25-11-9-19/h5-13H,1-4H3,(H,26,29,31)/b20-13+. The molecule has 2 aromatic heterocycles. The Balaban J connectivity index is 1.79. The molecule has 0 radical (unpaired) electrons. The Morgan fingerprint density at radius 2 is 1.68 bits per heavy atom. The number of urea groups is 1. The number of aromatic nitrogens is 2. The van der Waals surface area contributed by atoms with Crippen molar-refractivity contribution in [1.82, 2.24) is 14.9 Å². The van der Waals surface area contributed by atoms with E-state index in [9.17, 15) is 14.4 Å². The molecule has 4 amide bonds. The minimum Gasteiger partial charge on any atom is -0.318 e. The van der Waals surface area contributed by atoms with E-state index in [0.29, 0.717) is 5.69 Å².